The summed E-state index contributed by atoms with van der Waals surface area (Å²) in [5, 5.41) is 6.75. The lowest BCUT2D eigenvalue weighted by Gasteiger charge is -2.15. The van der Waals surface area contributed by atoms with Crippen LogP contribution in [-0.4, -0.2) is 11.0 Å². The standard InChI is InChI=1S/C19H21N3OS/c1-3-14-8-10-15(11-9-14)13(2)21-19(23)20-12-18-22-16-6-4-5-7-17(16)24-18/h4-11,13H,3,12H2,1-2H3,(H2,20,21,23). The Labute approximate surface area is 145 Å². The molecule has 124 valence electrons. The lowest BCUT2D eigenvalue weighted by molar-refractivity contribution is 0.237. The van der Waals surface area contributed by atoms with Gasteiger partial charge in [0.25, 0.3) is 0 Å². The average Bonchev–Trinajstić information content (AvgIpc) is 3.03. The van der Waals surface area contributed by atoms with Crippen molar-refractivity contribution in [3.63, 3.8) is 0 Å². The zero-order chi connectivity index (χ0) is 16.9. The van der Waals surface area contributed by atoms with Crippen molar-refractivity contribution in [2.75, 3.05) is 0 Å². The molecular weight excluding hydrogens is 318 g/mol. The Kier molecular flexibility index (Phi) is 5.11. The van der Waals surface area contributed by atoms with Gasteiger partial charge < -0.3 is 10.6 Å². The fourth-order valence-electron chi connectivity index (χ4n) is 2.52. The lowest BCUT2D eigenvalue weighted by atomic mass is 10.1. The monoisotopic (exact) mass is 339 g/mol. The largest absolute Gasteiger partial charge is 0.332 e. The van der Waals surface area contributed by atoms with Crippen LogP contribution in [0.2, 0.25) is 0 Å². The molecule has 2 N–H and O–H groups in total. The molecular formula is C19H21N3OS. The van der Waals surface area contributed by atoms with Crippen LogP contribution in [0.25, 0.3) is 10.2 Å². The van der Waals surface area contributed by atoms with E-state index < -0.39 is 0 Å². The van der Waals surface area contributed by atoms with Gasteiger partial charge in [0.05, 0.1) is 22.8 Å². The quantitative estimate of drug-likeness (QED) is 0.723. The summed E-state index contributed by atoms with van der Waals surface area (Å²) in [5.74, 6) is 0. The van der Waals surface area contributed by atoms with Crippen LogP contribution in [0, 0.1) is 0 Å². The van der Waals surface area contributed by atoms with Gasteiger partial charge in [0.15, 0.2) is 0 Å². The smallest absolute Gasteiger partial charge is 0.315 e. The van der Waals surface area contributed by atoms with Gasteiger partial charge in [-0.05, 0) is 36.6 Å². The Morgan fingerprint density at radius 3 is 2.62 bits per heavy atom. The third-order valence-electron chi connectivity index (χ3n) is 3.97. The summed E-state index contributed by atoms with van der Waals surface area (Å²) in [7, 11) is 0. The third-order valence-corrected chi connectivity index (χ3v) is 5.01. The van der Waals surface area contributed by atoms with Gasteiger partial charge in [0, 0.05) is 0 Å². The number of amides is 2. The molecule has 0 saturated heterocycles. The second-order valence-electron chi connectivity index (χ2n) is 5.72. The molecule has 5 heteroatoms. The molecule has 3 rings (SSSR count). The van der Waals surface area contributed by atoms with E-state index in [2.05, 4.69) is 46.8 Å². The SMILES string of the molecule is CCc1ccc(C(C)NC(=O)NCc2nc3ccccc3s2)cc1. The summed E-state index contributed by atoms with van der Waals surface area (Å²) in [5.41, 5.74) is 3.37. The Morgan fingerprint density at radius 2 is 1.92 bits per heavy atom. The summed E-state index contributed by atoms with van der Waals surface area (Å²) < 4.78 is 1.14. The maximum absolute atomic E-state index is 12.1. The first kappa shape index (κ1) is 16.5. The highest BCUT2D eigenvalue weighted by atomic mass is 32.1. The van der Waals surface area contributed by atoms with Crippen LogP contribution in [-0.2, 0) is 13.0 Å². The number of hydrogen-bond donors (Lipinski definition) is 2. The van der Waals surface area contributed by atoms with Crippen molar-refractivity contribution in [1.82, 2.24) is 15.6 Å². The van der Waals surface area contributed by atoms with Crippen molar-refractivity contribution in [1.29, 1.82) is 0 Å². The molecule has 3 aromatic rings. The molecule has 1 unspecified atom stereocenters. The minimum atomic E-state index is -0.179. The number of carbonyl (C=O) groups is 1. The molecule has 1 atom stereocenters. The molecule has 0 spiro atoms. The number of carbonyl (C=O) groups excluding carboxylic acids is 1. The highest BCUT2D eigenvalue weighted by Crippen LogP contribution is 2.21. The van der Waals surface area contributed by atoms with Gasteiger partial charge in [-0.25, -0.2) is 9.78 Å². The minimum Gasteiger partial charge on any atom is -0.332 e. The summed E-state index contributed by atoms with van der Waals surface area (Å²) in [6, 6.07) is 16.1. The molecule has 0 aliphatic rings. The number of hydrogen-bond acceptors (Lipinski definition) is 3. The molecule has 4 nitrogen and oxygen atoms in total. The van der Waals surface area contributed by atoms with Crippen molar-refractivity contribution >= 4 is 27.6 Å². The normalized spacial score (nSPS) is 12.1. The van der Waals surface area contributed by atoms with E-state index in [0.717, 1.165) is 27.2 Å². The summed E-state index contributed by atoms with van der Waals surface area (Å²) >= 11 is 1.60. The number of rotatable bonds is 5. The van der Waals surface area contributed by atoms with E-state index in [1.165, 1.54) is 5.56 Å². The zero-order valence-corrected chi connectivity index (χ0v) is 14.7. The number of fused-ring (bicyclic) bond motifs is 1. The predicted molar refractivity (Wildman–Crippen MR) is 99.2 cm³/mol. The number of aromatic nitrogens is 1. The van der Waals surface area contributed by atoms with Gasteiger partial charge in [0.1, 0.15) is 5.01 Å². The van der Waals surface area contributed by atoms with E-state index >= 15 is 0 Å². The lowest BCUT2D eigenvalue weighted by Crippen LogP contribution is -2.36. The van der Waals surface area contributed by atoms with Gasteiger partial charge in [-0.15, -0.1) is 11.3 Å². The van der Waals surface area contributed by atoms with E-state index in [1.54, 1.807) is 11.3 Å². The van der Waals surface area contributed by atoms with Crippen molar-refractivity contribution in [3.8, 4) is 0 Å². The third kappa shape index (κ3) is 3.92. The molecule has 0 radical (unpaired) electrons. The number of nitrogens with one attached hydrogen (secondary N) is 2. The fourth-order valence-corrected chi connectivity index (χ4v) is 3.43. The number of benzene rings is 2. The Balaban J connectivity index is 1.54. The van der Waals surface area contributed by atoms with Gasteiger partial charge in [-0.1, -0.05) is 43.3 Å². The summed E-state index contributed by atoms with van der Waals surface area (Å²) in [6.07, 6.45) is 1.02. The second-order valence-corrected chi connectivity index (χ2v) is 6.83. The molecule has 0 bridgehead atoms. The number of aryl methyl sites for hydroxylation is 1. The number of thiazole rings is 1. The molecule has 2 aromatic carbocycles. The van der Waals surface area contributed by atoms with E-state index in [9.17, 15) is 4.79 Å². The maximum Gasteiger partial charge on any atom is 0.315 e. The molecule has 1 aromatic heterocycles. The van der Waals surface area contributed by atoms with Crippen LogP contribution in [0.4, 0.5) is 4.79 Å². The first-order valence-corrected chi connectivity index (χ1v) is 8.95. The van der Waals surface area contributed by atoms with Crippen LogP contribution in [0.5, 0.6) is 0 Å². The van der Waals surface area contributed by atoms with Crippen molar-refractivity contribution < 1.29 is 4.79 Å². The molecule has 24 heavy (non-hydrogen) atoms. The van der Waals surface area contributed by atoms with Gasteiger partial charge >= 0.3 is 6.03 Å². The van der Waals surface area contributed by atoms with Crippen molar-refractivity contribution in [2.24, 2.45) is 0 Å². The van der Waals surface area contributed by atoms with Crippen LogP contribution in [0.3, 0.4) is 0 Å². The molecule has 2 amide bonds. The minimum absolute atomic E-state index is 0.0359. The Bertz CT molecular complexity index is 793. The van der Waals surface area contributed by atoms with Crippen LogP contribution in [0.15, 0.2) is 48.5 Å². The van der Waals surface area contributed by atoms with Gasteiger partial charge in [-0.3, -0.25) is 0 Å². The molecule has 0 saturated carbocycles. The first-order chi connectivity index (χ1) is 11.7. The van der Waals surface area contributed by atoms with E-state index in [0.29, 0.717) is 6.54 Å². The summed E-state index contributed by atoms with van der Waals surface area (Å²) in [4.78, 5) is 16.6. The topological polar surface area (TPSA) is 54.0 Å². The number of urea groups is 1. The van der Waals surface area contributed by atoms with E-state index in [1.807, 2.05) is 31.2 Å². The fraction of sp³-hybridized carbons (Fsp3) is 0.263. The number of para-hydroxylation sites is 1. The first-order valence-electron chi connectivity index (χ1n) is 8.13. The Hall–Kier alpha value is -2.40. The zero-order valence-electron chi connectivity index (χ0n) is 13.9. The molecule has 0 aliphatic heterocycles. The van der Waals surface area contributed by atoms with Crippen LogP contribution < -0.4 is 10.6 Å². The molecule has 1 heterocycles. The van der Waals surface area contributed by atoms with Gasteiger partial charge in [0.2, 0.25) is 0 Å². The van der Waals surface area contributed by atoms with E-state index in [4.69, 9.17) is 0 Å². The van der Waals surface area contributed by atoms with Crippen molar-refractivity contribution in [3.05, 3.63) is 64.7 Å². The van der Waals surface area contributed by atoms with Crippen LogP contribution in [0.1, 0.15) is 36.0 Å². The predicted octanol–water partition coefficient (Wildman–Crippen LogP) is 4.42. The number of nitrogens with zero attached hydrogens (tertiary/aromatic N) is 1. The van der Waals surface area contributed by atoms with Crippen LogP contribution >= 0.6 is 11.3 Å². The Morgan fingerprint density at radius 1 is 1.17 bits per heavy atom. The highest BCUT2D eigenvalue weighted by molar-refractivity contribution is 7.18. The summed E-state index contributed by atoms with van der Waals surface area (Å²) in [6.45, 7) is 4.55. The maximum atomic E-state index is 12.1. The van der Waals surface area contributed by atoms with Crippen molar-refractivity contribution in [2.45, 2.75) is 32.9 Å². The van der Waals surface area contributed by atoms with E-state index in [-0.39, 0.29) is 12.1 Å². The molecule has 0 aliphatic carbocycles. The average molecular weight is 339 g/mol. The van der Waals surface area contributed by atoms with Gasteiger partial charge in [-0.2, -0.15) is 0 Å². The second kappa shape index (κ2) is 7.45. The molecule has 0 fully saturated rings. The highest BCUT2D eigenvalue weighted by Gasteiger charge is 2.10.